The van der Waals surface area contributed by atoms with E-state index in [4.69, 9.17) is 6.42 Å². The molecule has 1 rings (SSSR count). The van der Waals surface area contributed by atoms with Gasteiger partial charge in [-0.15, -0.1) is 6.42 Å². The molecule has 0 fully saturated rings. The first-order chi connectivity index (χ1) is 10.5. The van der Waals surface area contributed by atoms with E-state index in [0.29, 0.717) is 0 Å². The zero-order chi connectivity index (χ0) is 17.9. The fourth-order valence-electron chi connectivity index (χ4n) is 1.81. The van der Waals surface area contributed by atoms with E-state index < -0.39 is 56.0 Å². The molecule has 126 valence electrons. The second-order valence-electron chi connectivity index (χ2n) is 5.15. The molecule has 9 heteroatoms. The topological polar surface area (TPSA) is 63.2 Å². The standard InChI is InChI=1S/C14H13F4NO3S/c1-4-8-10(15)12(17)14(13(18)11(8)16)19-9(20)6-23(21,22)5-7(2)3/h1,7H,5-6H2,2-3H3,(H,19,20). The largest absolute Gasteiger partial charge is 0.320 e. The highest BCUT2D eigenvalue weighted by Crippen LogP contribution is 2.27. The summed E-state index contributed by atoms with van der Waals surface area (Å²) >= 11 is 0. The van der Waals surface area contributed by atoms with Crippen molar-refractivity contribution in [2.45, 2.75) is 13.8 Å². The summed E-state index contributed by atoms with van der Waals surface area (Å²) < 4.78 is 77.5. The molecule has 0 saturated carbocycles. The van der Waals surface area contributed by atoms with Crippen LogP contribution < -0.4 is 5.32 Å². The summed E-state index contributed by atoms with van der Waals surface area (Å²) in [5.41, 5.74) is -2.69. The second-order valence-corrected chi connectivity index (χ2v) is 7.26. The Bertz CT molecular complexity index is 753. The van der Waals surface area contributed by atoms with Crippen LogP contribution in [-0.2, 0) is 14.6 Å². The van der Waals surface area contributed by atoms with Crippen molar-refractivity contribution < 1.29 is 30.8 Å². The van der Waals surface area contributed by atoms with Gasteiger partial charge in [0, 0.05) is 0 Å². The lowest BCUT2D eigenvalue weighted by molar-refractivity contribution is -0.113. The molecule has 0 spiro atoms. The van der Waals surface area contributed by atoms with Gasteiger partial charge in [-0.25, -0.2) is 26.0 Å². The number of nitrogens with one attached hydrogen (secondary N) is 1. The number of benzene rings is 1. The molecule has 0 saturated heterocycles. The van der Waals surface area contributed by atoms with Crippen LogP contribution in [0.2, 0.25) is 0 Å². The summed E-state index contributed by atoms with van der Waals surface area (Å²) in [6.07, 6.45) is 4.74. The van der Waals surface area contributed by atoms with Gasteiger partial charge in [0.25, 0.3) is 0 Å². The molecule has 0 aliphatic rings. The lowest BCUT2D eigenvalue weighted by Crippen LogP contribution is -2.27. The smallest absolute Gasteiger partial charge is 0.239 e. The number of terminal acetylenes is 1. The predicted molar refractivity (Wildman–Crippen MR) is 76.3 cm³/mol. The molecular weight excluding hydrogens is 338 g/mol. The predicted octanol–water partition coefficient (Wildman–Crippen LogP) is 2.23. The van der Waals surface area contributed by atoms with E-state index in [0.717, 1.165) is 0 Å². The lowest BCUT2D eigenvalue weighted by atomic mass is 10.1. The van der Waals surface area contributed by atoms with Gasteiger partial charge in [0.05, 0.1) is 5.75 Å². The van der Waals surface area contributed by atoms with E-state index in [1.54, 1.807) is 13.8 Å². The minimum atomic E-state index is -3.84. The number of hydrogen-bond donors (Lipinski definition) is 1. The quantitative estimate of drug-likeness (QED) is 0.503. The number of amides is 1. The molecule has 0 bridgehead atoms. The highest BCUT2D eigenvalue weighted by Gasteiger charge is 2.27. The first kappa shape index (κ1) is 19.0. The summed E-state index contributed by atoms with van der Waals surface area (Å²) in [7, 11) is -3.84. The summed E-state index contributed by atoms with van der Waals surface area (Å²) in [4.78, 5) is 11.6. The van der Waals surface area contributed by atoms with E-state index in [1.807, 2.05) is 0 Å². The molecule has 1 amide bonds. The minimum Gasteiger partial charge on any atom is -0.320 e. The van der Waals surface area contributed by atoms with E-state index in [1.165, 1.54) is 11.2 Å². The maximum absolute atomic E-state index is 13.7. The molecule has 0 aliphatic carbocycles. The summed E-state index contributed by atoms with van der Waals surface area (Å²) in [5.74, 6) is -9.09. The molecule has 23 heavy (non-hydrogen) atoms. The highest BCUT2D eigenvalue weighted by atomic mass is 32.2. The number of rotatable bonds is 5. The zero-order valence-electron chi connectivity index (χ0n) is 12.2. The van der Waals surface area contributed by atoms with Crippen molar-refractivity contribution in [2.75, 3.05) is 16.8 Å². The fourth-order valence-corrected chi connectivity index (χ4v) is 3.42. The van der Waals surface area contributed by atoms with Crippen molar-refractivity contribution in [2.24, 2.45) is 5.92 Å². The minimum absolute atomic E-state index is 0.272. The van der Waals surface area contributed by atoms with Crippen LogP contribution in [0.25, 0.3) is 0 Å². The van der Waals surface area contributed by atoms with Crippen LogP contribution in [0.1, 0.15) is 19.4 Å². The maximum atomic E-state index is 13.7. The normalized spacial score (nSPS) is 11.4. The number of carbonyl (C=O) groups is 1. The SMILES string of the molecule is C#Cc1c(F)c(F)c(NC(=O)CS(=O)(=O)CC(C)C)c(F)c1F. The van der Waals surface area contributed by atoms with Crippen LogP contribution in [0, 0.1) is 41.5 Å². The molecule has 0 unspecified atom stereocenters. The van der Waals surface area contributed by atoms with Gasteiger partial charge in [0.2, 0.25) is 5.91 Å². The number of sulfone groups is 1. The van der Waals surface area contributed by atoms with E-state index in [-0.39, 0.29) is 11.7 Å². The van der Waals surface area contributed by atoms with Gasteiger partial charge in [0.15, 0.2) is 33.1 Å². The van der Waals surface area contributed by atoms with E-state index >= 15 is 0 Å². The Hall–Kier alpha value is -2.08. The first-order valence-corrected chi connectivity index (χ1v) is 8.15. The third-order valence-corrected chi connectivity index (χ3v) is 4.49. The monoisotopic (exact) mass is 351 g/mol. The van der Waals surface area contributed by atoms with Crippen LogP contribution in [0.4, 0.5) is 23.2 Å². The van der Waals surface area contributed by atoms with Gasteiger partial charge in [-0.05, 0) is 5.92 Å². The van der Waals surface area contributed by atoms with Crippen LogP contribution in [0.3, 0.4) is 0 Å². The molecule has 0 aromatic heterocycles. The van der Waals surface area contributed by atoms with Crippen molar-refractivity contribution in [1.82, 2.24) is 0 Å². The number of hydrogen-bond acceptors (Lipinski definition) is 3. The Morgan fingerprint density at radius 2 is 1.61 bits per heavy atom. The van der Waals surface area contributed by atoms with Gasteiger partial charge >= 0.3 is 0 Å². The molecule has 0 atom stereocenters. The summed E-state index contributed by atoms with van der Waals surface area (Å²) in [6.45, 7) is 3.19. The molecule has 4 nitrogen and oxygen atoms in total. The number of halogens is 4. The maximum Gasteiger partial charge on any atom is 0.239 e. The third-order valence-electron chi connectivity index (χ3n) is 2.61. The Morgan fingerprint density at radius 1 is 1.13 bits per heavy atom. The van der Waals surface area contributed by atoms with Gasteiger partial charge in [0.1, 0.15) is 17.0 Å². The van der Waals surface area contributed by atoms with E-state index in [2.05, 4.69) is 0 Å². The van der Waals surface area contributed by atoms with Gasteiger partial charge in [-0.1, -0.05) is 19.8 Å². The Kier molecular flexibility index (Phi) is 5.77. The van der Waals surface area contributed by atoms with Crippen LogP contribution in [0.5, 0.6) is 0 Å². The lowest BCUT2D eigenvalue weighted by Gasteiger charge is -2.11. The fraction of sp³-hybridized carbons (Fsp3) is 0.357. The second kappa shape index (κ2) is 7.00. The first-order valence-electron chi connectivity index (χ1n) is 6.33. The average molecular weight is 351 g/mol. The number of anilines is 1. The van der Waals surface area contributed by atoms with Gasteiger partial charge < -0.3 is 5.32 Å². The van der Waals surface area contributed by atoms with Crippen LogP contribution in [-0.4, -0.2) is 25.8 Å². The van der Waals surface area contributed by atoms with Crippen LogP contribution >= 0.6 is 0 Å². The van der Waals surface area contributed by atoms with Crippen LogP contribution in [0.15, 0.2) is 0 Å². The Labute approximate surface area is 130 Å². The van der Waals surface area contributed by atoms with Crippen molar-refractivity contribution >= 4 is 21.4 Å². The van der Waals surface area contributed by atoms with Crippen molar-refractivity contribution in [3.05, 3.63) is 28.8 Å². The molecule has 0 radical (unpaired) electrons. The van der Waals surface area contributed by atoms with E-state index in [9.17, 15) is 30.8 Å². The third kappa shape index (κ3) is 4.45. The molecule has 0 heterocycles. The van der Waals surface area contributed by atoms with Crippen molar-refractivity contribution in [1.29, 1.82) is 0 Å². The molecule has 1 aromatic rings. The molecular formula is C14H13F4NO3S. The van der Waals surface area contributed by atoms with Crippen molar-refractivity contribution in [3.63, 3.8) is 0 Å². The molecule has 1 N–H and O–H groups in total. The molecule has 0 aliphatic heterocycles. The van der Waals surface area contributed by atoms with Crippen molar-refractivity contribution in [3.8, 4) is 12.3 Å². The van der Waals surface area contributed by atoms with Gasteiger partial charge in [-0.2, -0.15) is 0 Å². The Morgan fingerprint density at radius 3 is 2.00 bits per heavy atom. The highest BCUT2D eigenvalue weighted by molar-refractivity contribution is 7.92. The Balaban J connectivity index is 3.12. The summed E-state index contributed by atoms with van der Waals surface area (Å²) in [5, 5.41) is 1.52. The molecule has 1 aromatic carbocycles. The summed E-state index contributed by atoms with van der Waals surface area (Å²) in [6, 6.07) is 0. The average Bonchev–Trinajstić information content (AvgIpc) is 2.40. The van der Waals surface area contributed by atoms with Gasteiger partial charge in [-0.3, -0.25) is 4.79 Å². The zero-order valence-corrected chi connectivity index (χ0v) is 13.0. The number of carbonyl (C=O) groups excluding carboxylic acids is 1.